The third-order valence-electron chi connectivity index (χ3n) is 3.39. The molecule has 0 aliphatic rings. The Morgan fingerprint density at radius 1 is 1.18 bits per heavy atom. The summed E-state index contributed by atoms with van der Waals surface area (Å²) in [6, 6.07) is 11.2. The minimum atomic E-state index is -3.83. The van der Waals surface area contributed by atoms with Crippen molar-refractivity contribution in [1.29, 1.82) is 0 Å². The summed E-state index contributed by atoms with van der Waals surface area (Å²) in [7, 11) is -3.83. The molecule has 2 aromatic carbocycles. The molecule has 6 heteroatoms. The van der Waals surface area contributed by atoms with E-state index < -0.39 is 16.0 Å². The third kappa shape index (κ3) is 3.28. The van der Waals surface area contributed by atoms with E-state index >= 15 is 0 Å². The highest BCUT2D eigenvalue weighted by Gasteiger charge is 2.18. The zero-order chi connectivity index (χ0) is 16.3. The zero-order valence-electron chi connectivity index (χ0n) is 12.3. The highest BCUT2D eigenvalue weighted by atomic mass is 32.2. The van der Waals surface area contributed by atoms with Gasteiger partial charge in [-0.1, -0.05) is 31.2 Å². The van der Waals surface area contributed by atoms with Gasteiger partial charge in [-0.25, -0.2) is 13.2 Å². The lowest BCUT2D eigenvalue weighted by molar-refractivity contribution is 0.0696. The minimum Gasteiger partial charge on any atom is -0.478 e. The number of hydrogen-bond donors (Lipinski definition) is 2. The van der Waals surface area contributed by atoms with Crippen LogP contribution in [0.3, 0.4) is 0 Å². The molecule has 0 saturated carbocycles. The highest BCUT2D eigenvalue weighted by Crippen LogP contribution is 2.22. The molecule has 0 aliphatic carbocycles. The van der Waals surface area contributed by atoms with E-state index in [9.17, 15) is 13.2 Å². The van der Waals surface area contributed by atoms with Crippen LogP contribution in [0.4, 0.5) is 5.69 Å². The molecule has 0 atom stereocenters. The predicted octanol–water partition coefficient (Wildman–Crippen LogP) is 3.06. The van der Waals surface area contributed by atoms with Crippen molar-refractivity contribution in [3.63, 3.8) is 0 Å². The van der Waals surface area contributed by atoms with Crippen molar-refractivity contribution >= 4 is 21.7 Å². The van der Waals surface area contributed by atoms with Gasteiger partial charge in [0.05, 0.1) is 16.1 Å². The van der Waals surface area contributed by atoms with Gasteiger partial charge in [-0.3, -0.25) is 4.72 Å². The maximum absolute atomic E-state index is 12.5. The molecule has 2 rings (SSSR count). The Kier molecular flexibility index (Phi) is 4.51. The van der Waals surface area contributed by atoms with Crippen LogP contribution < -0.4 is 4.72 Å². The average Bonchev–Trinajstić information content (AvgIpc) is 2.47. The van der Waals surface area contributed by atoms with E-state index in [4.69, 9.17) is 5.11 Å². The fourth-order valence-corrected chi connectivity index (χ4v) is 3.26. The quantitative estimate of drug-likeness (QED) is 0.887. The molecule has 0 amide bonds. The smallest absolute Gasteiger partial charge is 0.335 e. The van der Waals surface area contributed by atoms with Crippen molar-refractivity contribution in [2.45, 2.75) is 25.2 Å². The zero-order valence-corrected chi connectivity index (χ0v) is 13.1. The predicted molar refractivity (Wildman–Crippen MR) is 84.8 cm³/mol. The molecule has 0 heterocycles. The molecule has 0 bridgehead atoms. The van der Waals surface area contributed by atoms with Crippen molar-refractivity contribution < 1.29 is 18.3 Å². The summed E-state index contributed by atoms with van der Waals surface area (Å²) in [6.45, 7) is 3.56. The lowest BCUT2D eigenvalue weighted by atomic mass is 10.1. The van der Waals surface area contributed by atoms with Crippen LogP contribution in [0, 0.1) is 6.92 Å². The van der Waals surface area contributed by atoms with Gasteiger partial charge in [0, 0.05) is 0 Å². The fraction of sp³-hybridized carbons (Fsp3) is 0.188. The second-order valence-corrected chi connectivity index (χ2v) is 6.58. The number of aryl methyl sites for hydroxylation is 2. The van der Waals surface area contributed by atoms with Crippen molar-refractivity contribution in [2.75, 3.05) is 4.72 Å². The second-order valence-electron chi connectivity index (χ2n) is 4.90. The topological polar surface area (TPSA) is 83.5 Å². The van der Waals surface area contributed by atoms with E-state index in [0.717, 1.165) is 5.56 Å². The molecule has 0 aromatic heterocycles. The number of sulfonamides is 1. The van der Waals surface area contributed by atoms with Gasteiger partial charge in [0.1, 0.15) is 0 Å². The van der Waals surface area contributed by atoms with Gasteiger partial charge in [-0.05, 0) is 42.7 Å². The molecule has 22 heavy (non-hydrogen) atoms. The number of rotatable bonds is 5. The summed E-state index contributed by atoms with van der Waals surface area (Å²) < 4.78 is 27.4. The van der Waals surface area contributed by atoms with E-state index in [1.165, 1.54) is 18.2 Å². The Morgan fingerprint density at radius 2 is 1.86 bits per heavy atom. The van der Waals surface area contributed by atoms with Gasteiger partial charge in [-0.15, -0.1) is 0 Å². The lowest BCUT2D eigenvalue weighted by Gasteiger charge is -2.12. The Hall–Kier alpha value is -2.34. The summed E-state index contributed by atoms with van der Waals surface area (Å²) in [6.07, 6.45) is 0.687. The summed E-state index contributed by atoms with van der Waals surface area (Å²) in [4.78, 5) is 11.1. The Labute approximate surface area is 129 Å². The maximum Gasteiger partial charge on any atom is 0.335 e. The molecule has 2 aromatic rings. The van der Waals surface area contributed by atoms with Gasteiger partial charge in [0.25, 0.3) is 10.0 Å². The van der Waals surface area contributed by atoms with Crippen molar-refractivity contribution in [3.05, 3.63) is 59.2 Å². The number of aromatic carboxylic acids is 1. The lowest BCUT2D eigenvalue weighted by Crippen LogP contribution is -2.15. The maximum atomic E-state index is 12.5. The Morgan fingerprint density at radius 3 is 2.50 bits per heavy atom. The van der Waals surface area contributed by atoms with Crippen LogP contribution in [0.15, 0.2) is 47.4 Å². The highest BCUT2D eigenvalue weighted by molar-refractivity contribution is 7.92. The number of carbonyl (C=O) groups is 1. The van der Waals surface area contributed by atoms with Gasteiger partial charge in [0.15, 0.2) is 0 Å². The number of nitrogens with one attached hydrogen (secondary N) is 1. The fourth-order valence-electron chi connectivity index (χ4n) is 2.13. The monoisotopic (exact) mass is 319 g/mol. The number of anilines is 1. The molecule has 116 valence electrons. The summed E-state index contributed by atoms with van der Waals surface area (Å²) in [5.74, 6) is -1.15. The summed E-state index contributed by atoms with van der Waals surface area (Å²) in [5.41, 5.74) is 1.87. The molecular weight excluding hydrogens is 302 g/mol. The first-order chi connectivity index (χ1) is 10.3. The van der Waals surface area contributed by atoms with E-state index in [1.54, 1.807) is 19.1 Å². The van der Waals surface area contributed by atoms with Gasteiger partial charge >= 0.3 is 5.97 Å². The number of benzene rings is 2. The van der Waals surface area contributed by atoms with Crippen molar-refractivity contribution in [3.8, 4) is 0 Å². The normalized spacial score (nSPS) is 11.2. The summed E-state index contributed by atoms with van der Waals surface area (Å²) in [5, 5.41) is 9.11. The SMILES string of the molecule is CCc1ccccc1NS(=O)(=O)c1ccc(C)c(C(=O)O)c1. The minimum absolute atomic E-state index is 0.0216. The van der Waals surface area contributed by atoms with Crippen LogP contribution >= 0.6 is 0 Å². The first-order valence-electron chi connectivity index (χ1n) is 6.80. The molecule has 0 saturated heterocycles. The standard InChI is InChI=1S/C16H17NO4S/c1-3-12-6-4-5-7-15(12)17-22(20,21)13-9-8-11(2)14(10-13)16(18)19/h4-10,17H,3H2,1-2H3,(H,18,19). The molecule has 0 radical (unpaired) electrons. The third-order valence-corrected chi connectivity index (χ3v) is 4.76. The summed E-state index contributed by atoms with van der Waals surface area (Å²) >= 11 is 0. The number of carboxylic acids is 1. The molecule has 0 unspecified atom stereocenters. The number of para-hydroxylation sites is 1. The Balaban J connectivity index is 2.43. The molecule has 0 spiro atoms. The first-order valence-corrected chi connectivity index (χ1v) is 8.28. The van der Waals surface area contributed by atoms with E-state index in [2.05, 4.69) is 4.72 Å². The molecular formula is C16H17NO4S. The van der Waals surface area contributed by atoms with Gasteiger partial charge in [0.2, 0.25) is 0 Å². The van der Waals surface area contributed by atoms with E-state index in [1.807, 2.05) is 19.1 Å². The number of hydrogen-bond acceptors (Lipinski definition) is 3. The van der Waals surface area contributed by atoms with Crippen LogP contribution in [-0.4, -0.2) is 19.5 Å². The van der Waals surface area contributed by atoms with Crippen LogP contribution in [0.5, 0.6) is 0 Å². The molecule has 2 N–H and O–H groups in total. The molecule has 0 fully saturated rings. The van der Waals surface area contributed by atoms with Crippen LogP contribution in [0.1, 0.15) is 28.4 Å². The number of carboxylic acid groups (broad SMARTS) is 1. The van der Waals surface area contributed by atoms with E-state index in [-0.39, 0.29) is 10.5 Å². The van der Waals surface area contributed by atoms with Crippen LogP contribution in [0.2, 0.25) is 0 Å². The first kappa shape index (κ1) is 16.0. The molecule has 5 nitrogen and oxygen atoms in total. The average molecular weight is 319 g/mol. The van der Waals surface area contributed by atoms with Gasteiger partial charge in [-0.2, -0.15) is 0 Å². The van der Waals surface area contributed by atoms with Crippen LogP contribution in [-0.2, 0) is 16.4 Å². The molecule has 0 aliphatic heterocycles. The van der Waals surface area contributed by atoms with Gasteiger partial charge < -0.3 is 5.11 Å². The van der Waals surface area contributed by atoms with Crippen molar-refractivity contribution in [2.24, 2.45) is 0 Å². The van der Waals surface area contributed by atoms with E-state index in [0.29, 0.717) is 17.7 Å². The van der Waals surface area contributed by atoms with Crippen LogP contribution in [0.25, 0.3) is 0 Å². The van der Waals surface area contributed by atoms with Crippen molar-refractivity contribution in [1.82, 2.24) is 0 Å². The Bertz CT molecular complexity index is 813. The second kappa shape index (κ2) is 6.19. The largest absolute Gasteiger partial charge is 0.478 e.